The number of aliphatic hydroxyl groups is 1. The van der Waals surface area contributed by atoms with Crippen LogP contribution in [0.25, 0.3) is 0 Å². The number of hydrogen-bond donors (Lipinski definition) is 2. The molecule has 0 fully saturated rings. The van der Waals surface area contributed by atoms with Gasteiger partial charge in [0, 0.05) is 5.56 Å². The first-order valence-corrected chi connectivity index (χ1v) is 4.47. The maximum absolute atomic E-state index is 12.4. The molecule has 0 aliphatic rings. The monoisotopic (exact) mass is 243 g/mol. The lowest BCUT2D eigenvalue weighted by Crippen LogP contribution is -2.07. The summed E-state index contributed by atoms with van der Waals surface area (Å²) in [6.45, 7) is -0.604. The first-order valence-electron chi connectivity index (χ1n) is 4.47. The minimum atomic E-state index is -4.49. The third-order valence-electron chi connectivity index (χ3n) is 1.92. The predicted molar refractivity (Wildman–Crippen MR) is 53.4 cm³/mol. The summed E-state index contributed by atoms with van der Waals surface area (Å²) in [5, 5.41) is 8.92. The molecule has 6 heteroatoms. The fourth-order valence-corrected chi connectivity index (χ4v) is 1.15. The van der Waals surface area contributed by atoms with E-state index in [0.29, 0.717) is 0 Å². The second-order valence-corrected chi connectivity index (χ2v) is 3.14. The molecule has 0 radical (unpaired) electrons. The highest BCUT2D eigenvalue weighted by Crippen LogP contribution is 2.30. The summed E-state index contributed by atoms with van der Waals surface area (Å²) >= 11 is 0. The van der Waals surface area contributed by atoms with E-state index >= 15 is 0 Å². The van der Waals surface area contributed by atoms with Crippen molar-refractivity contribution in [2.75, 3.05) is 0 Å². The fourth-order valence-electron chi connectivity index (χ4n) is 1.15. The molecule has 0 heterocycles. The van der Waals surface area contributed by atoms with Gasteiger partial charge in [0.25, 0.3) is 5.91 Å². The summed E-state index contributed by atoms with van der Waals surface area (Å²) in [7, 11) is 0. The summed E-state index contributed by atoms with van der Waals surface area (Å²) in [4.78, 5) is 10.4. The number of carbonyl (C=O) groups is 1. The van der Waals surface area contributed by atoms with Crippen LogP contribution in [0.3, 0.4) is 0 Å². The first kappa shape index (κ1) is 13.1. The van der Waals surface area contributed by atoms with Crippen LogP contribution in [0.1, 0.15) is 16.7 Å². The van der Waals surface area contributed by atoms with Crippen LogP contribution in [0.2, 0.25) is 0 Å². The Bertz CT molecular complexity index is 498. The lowest BCUT2D eigenvalue weighted by Gasteiger charge is -2.09. The third-order valence-corrected chi connectivity index (χ3v) is 1.92. The Morgan fingerprint density at radius 1 is 1.41 bits per heavy atom. The van der Waals surface area contributed by atoms with Crippen molar-refractivity contribution >= 4 is 5.91 Å². The molecule has 90 valence electrons. The maximum Gasteiger partial charge on any atom is 0.416 e. The molecule has 17 heavy (non-hydrogen) atoms. The zero-order chi connectivity index (χ0) is 13.1. The van der Waals surface area contributed by atoms with Gasteiger partial charge in [0.05, 0.1) is 12.2 Å². The molecule has 0 saturated heterocycles. The van der Waals surface area contributed by atoms with Gasteiger partial charge in [-0.15, -0.1) is 0 Å². The topological polar surface area (TPSA) is 63.3 Å². The van der Waals surface area contributed by atoms with E-state index in [1.54, 1.807) is 0 Å². The summed E-state index contributed by atoms with van der Waals surface area (Å²) < 4.78 is 37.1. The van der Waals surface area contributed by atoms with Gasteiger partial charge in [-0.2, -0.15) is 13.2 Å². The van der Waals surface area contributed by atoms with Crippen molar-refractivity contribution in [3.05, 3.63) is 34.9 Å². The number of halogens is 3. The Hall–Kier alpha value is -2.00. The van der Waals surface area contributed by atoms with E-state index in [2.05, 4.69) is 5.92 Å². The minimum Gasteiger partial charge on any atom is -0.392 e. The molecule has 0 bridgehead atoms. The molecule has 0 saturated carbocycles. The van der Waals surface area contributed by atoms with Crippen LogP contribution >= 0.6 is 0 Å². The first-order chi connectivity index (χ1) is 7.84. The van der Waals surface area contributed by atoms with Gasteiger partial charge in [-0.3, -0.25) is 4.79 Å². The van der Waals surface area contributed by atoms with E-state index < -0.39 is 24.3 Å². The number of hydrogen-bond acceptors (Lipinski definition) is 2. The molecular formula is C11H8F3NO2. The largest absolute Gasteiger partial charge is 0.416 e. The number of primary amides is 1. The van der Waals surface area contributed by atoms with Gasteiger partial charge in [-0.25, -0.2) is 0 Å². The van der Waals surface area contributed by atoms with Crippen LogP contribution < -0.4 is 5.73 Å². The number of nitrogens with two attached hydrogens (primary N) is 1. The zero-order valence-electron chi connectivity index (χ0n) is 8.51. The molecule has 3 nitrogen and oxygen atoms in total. The zero-order valence-corrected chi connectivity index (χ0v) is 8.51. The fraction of sp³-hybridized carbons (Fsp3) is 0.182. The number of carbonyl (C=O) groups excluding carboxylic acids is 1. The summed E-state index contributed by atoms with van der Waals surface area (Å²) in [5.74, 6) is 3.39. The van der Waals surface area contributed by atoms with Crippen molar-refractivity contribution in [1.29, 1.82) is 0 Å². The molecule has 1 aromatic carbocycles. The van der Waals surface area contributed by atoms with E-state index in [0.717, 1.165) is 18.2 Å². The predicted octanol–water partition coefficient (Wildman–Crippen LogP) is 1.03. The molecule has 0 atom stereocenters. The SMILES string of the molecule is NC(=O)C#Cc1ccc(C(F)(F)F)cc1CO. The second kappa shape index (κ2) is 4.89. The van der Waals surface area contributed by atoms with Crippen molar-refractivity contribution in [1.82, 2.24) is 0 Å². The van der Waals surface area contributed by atoms with Crippen molar-refractivity contribution in [3.63, 3.8) is 0 Å². The Morgan fingerprint density at radius 2 is 2.06 bits per heavy atom. The summed E-state index contributed by atoms with van der Waals surface area (Å²) in [6.07, 6.45) is -4.49. The van der Waals surface area contributed by atoms with Crippen molar-refractivity contribution in [2.45, 2.75) is 12.8 Å². The van der Waals surface area contributed by atoms with Gasteiger partial charge in [0.2, 0.25) is 0 Å². The normalized spacial score (nSPS) is 10.6. The Labute approximate surface area is 95.0 Å². The van der Waals surface area contributed by atoms with Gasteiger partial charge in [0.1, 0.15) is 0 Å². The van der Waals surface area contributed by atoms with Crippen LogP contribution in [-0.4, -0.2) is 11.0 Å². The summed E-state index contributed by atoms with van der Waals surface area (Å²) in [6, 6.07) is 2.69. The molecule has 1 aromatic rings. The molecule has 0 unspecified atom stereocenters. The number of amides is 1. The molecular weight excluding hydrogens is 235 g/mol. The molecule has 0 aliphatic heterocycles. The van der Waals surface area contributed by atoms with Gasteiger partial charge >= 0.3 is 6.18 Å². The number of benzene rings is 1. The van der Waals surface area contributed by atoms with Crippen LogP contribution in [-0.2, 0) is 17.6 Å². The van der Waals surface area contributed by atoms with Crippen molar-refractivity contribution in [2.24, 2.45) is 5.73 Å². The lowest BCUT2D eigenvalue weighted by molar-refractivity contribution is -0.137. The molecule has 0 aliphatic carbocycles. The standard InChI is InChI=1S/C11H8F3NO2/c12-11(13,14)9-3-1-7(2-4-10(15)17)8(5-9)6-16/h1,3,5,16H,6H2,(H2,15,17). The average molecular weight is 243 g/mol. The molecule has 1 amide bonds. The quantitative estimate of drug-likeness (QED) is 0.724. The van der Waals surface area contributed by atoms with Crippen LogP contribution in [0.4, 0.5) is 13.2 Å². The second-order valence-electron chi connectivity index (χ2n) is 3.14. The van der Waals surface area contributed by atoms with Gasteiger partial charge in [-0.05, 0) is 29.7 Å². The van der Waals surface area contributed by atoms with E-state index in [9.17, 15) is 18.0 Å². The Kier molecular flexibility index (Phi) is 3.76. The minimum absolute atomic E-state index is 0.00595. The Morgan fingerprint density at radius 3 is 2.53 bits per heavy atom. The van der Waals surface area contributed by atoms with E-state index in [1.165, 1.54) is 0 Å². The van der Waals surface area contributed by atoms with E-state index in [1.807, 2.05) is 5.92 Å². The van der Waals surface area contributed by atoms with Gasteiger partial charge < -0.3 is 10.8 Å². The highest BCUT2D eigenvalue weighted by molar-refractivity contribution is 5.92. The average Bonchev–Trinajstić information content (AvgIpc) is 2.24. The highest BCUT2D eigenvalue weighted by Gasteiger charge is 2.30. The highest BCUT2D eigenvalue weighted by atomic mass is 19.4. The van der Waals surface area contributed by atoms with Crippen LogP contribution in [0.5, 0.6) is 0 Å². The van der Waals surface area contributed by atoms with E-state index in [4.69, 9.17) is 10.8 Å². The van der Waals surface area contributed by atoms with Crippen molar-refractivity contribution < 1.29 is 23.1 Å². The number of rotatable bonds is 1. The van der Waals surface area contributed by atoms with Crippen LogP contribution in [0.15, 0.2) is 18.2 Å². The molecule has 3 N–H and O–H groups in total. The Balaban J connectivity index is 3.21. The molecule has 0 spiro atoms. The summed E-state index contributed by atoms with van der Waals surface area (Å²) in [5.41, 5.74) is 4.03. The van der Waals surface area contributed by atoms with Crippen LogP contribution in [0, 0.1) is 11.8 Å². The number of aliphatic hydroxyl groups excluding tert-OH is 1. The number of alkyl halides is 3. The van der Waals surface area contributed by atoms with Gasteiger partial charge in [-0.1, -0.05) is 5.92 Å². The third kappa shape index (κ3) is 3.50. The molecule has 1 rings (SSSR count). The molecule has 0 aromatic heterocycles. The smallest absolute Gasteiger partial charge is 0.392 e. The van der Waals surface area contributed by atoms with Gasteiger partial charge in [0.15, 0.2) is 0 Å². The van der Waals surface area contributed by atoms with E-state index in [-0.39, 0.29) is 11.1 Å². The maximum atomic E-state index is 12.4. The lowest BCUT2D eigenvalue weighted by atomic mass is 10.0. The van der Waals surface area contributed by atoms with Crippen molar-refractivity contribution in [3.8, 4) is 11.8 Å².